The highest BCUT2D eigenvalue weighted by atomic mass is 16.5. The molecule has 2 aliphatic heterocycles. The van der Waals surface area contributed by atoms with E-state index in [0.29, 0.717) is 49.5 Å². The van der Waals surface area contributed by atoms with Gasteiger partial charge in [-0.15, -0.1) is 0 Å². The van der Waals surface area contributed by atoms with Gasteiger partial charge in [-0.2, -0.15) is 0 Å². The number of Topliss-reactive ketones (excluding diaryl/α,β-unsaturated/α-hetero) is 1. The topological polar surface area (TPSA) is 79.4 Å². The molecule has 0 aliphatic carbocycles. The van der Waals surface area contributed by atoms with Crippen molar-refractivity contribution in [3.63, 3.8) is 0 Å². The van der Waals surface area contributed by atoms with Crippen LogP contribution in [0.2, 0.25) is 0 Å². The quantitative estimate of drug-likeness (QED) is 0.603. The van der Waals surface area contributed by atoms with E-state index in [4.69, 9.17) is 9.47 Å². The fourth-order valence-corrected chi connectivity index (χ4v) is 4.30. The van der Waals surface area contributed by atoms with Gasteiger partial charge in [0.1, 0.15) is 11.5 Å². The highest BCUT2D eigenvalue weighted by Crippen LogP contribution is 2.33. The van der Waals surface area contributed by atoms with Crippen LogP contribution < -0.4 is 19.3 Å². The van der Waals surface area contributed by atoms with E-state index in [0.717, 1.165) is 24.5 Å². The summed E-state index contributed by atoms with van der Waals surface area (Å²) in [6.45, 7) is 4.65. The molecule has 2 aromatic rings. The molecular formula is C25H29N3O5. The van der Waals surface area contributed by atoms with E-state index in [9.17, 15) is 14.4 Å². The molecule has 8 heteroatoms. The number of nitrogens with zero attached hydrogens (tertiary/aromatic N) is 3. The normalized spacial score (nSPS) is 15.7. The fraction of sp³-hybridized carbons (Fsp3) is 0.400. The van der Waals surface area contributed by atoms with Crippen molar-refractivity contribution in [3.8, 4) is 11.5 Å². The van der Waals surface area contributed by atoms with Gasteiger partial charge in [-0.3, -0.25) is 14.4 Å². The Balaban J connectivity index is 1.31. The molecule has 0 saturated carbocycles. The first kappa shape index (κ1) is 22.6. The standard InChI is InChI=1S/C25H29N3O5/c1-18(29)19-9-10-23-21(16-19)28(25(31)17-33-23)11-5-8-24(30)27-14-12-26(13-15-27)20-6-3-4-7-22(20)32-2/h3-4,6-7,9-10,16H,5,8,11-15,17H2,1-2H3. The molecule has 0 N–H and O–H groups in total. The van der Waals surface area contributed by atoms with E-state index in [1.165, 1.54) is 6.92 Å². The summed E-state index contributed by atoms with van der Waals surface area (Å²) < 4.78 is 11.0. The number of amides is 2. The number of hydrogen-bond donors (Lipinski definition) is 0. The number of para-hydroxylation sites is 2. The van der Waals surface area contributed by atoms with Crippen LogP contribution in [0.25, 0.3) is 0 Å². The van der Waals surface area contributed by atoms with Crippen LogP contribution in [0.4, 0.5) is 11.4 Å². The van der Waals surface area contributed by atoms with E-state index in [2.05, 4.69) is 4.90 Å². The van der Waals surface area contributed by atoms with Crippen molar-refractivity contribution >= 4 is 29.0 Å². The van der Waals surface area contributed by atoms with Crippen molar-refractivity contribution in [3.05, 3.63) is 48.0 Å². The lowest BCUT2D eigenvalue weighted by Gasteiger charge is -2.36. The first-order valence-corrected chi connectivity index (χ1v) is 11.2. The molecule has 2 aromatic carbocycles. The molecule has 174 valence electrons. The minimum Gasteiger partial charge on any atom is -0.495 e. The number of benzene rings is 2. The summed E-state index contributed by atoms with van der Waals surface area (Å²) in [5, 5.41) is 0. The maximum Gasteiger partial charge on any atom is 0.265 e. The number of piperazine rings is 1. The van der Waals surface area contributed by atoms with Crippen LogP contribution in [0.5, 0.6) is 11.5 Å². The zero-order valence-electron chi connectivity index (χ0n) is 19.1. The van der Waals surface area contributed by atoms with Crippen molar-refractivity contribution in [1.29, 1.82) is 0 Å². The monoisotopic (exact) mass is 451 g/mol. The predicted molar refractivity (Wildman–Crippen MR) is 125 cm³/mol. The van der Waals surface area contributed by atoms with Gasteiger partial charge in [-0.05, 0) is 43.7 Å². The highest BCUT2D eigenvalue weighted by Gasteiger charge is 2.27. The summed E-state index contributed by atoms with van der Waals surface area (Å²) in [6.07, 6.45) is 0.905. The van der Waals surface area contributed by atoms with Crippen molar-refractivity contribution in [2.24, 2.45) is 0 Å². The number of anilines is 2. The van der Waals surface area contributed by atoms with Crippen molar-refractivity contribution in [1.82, 2.24) is 4.90 Å². The van der Waals surface area contributed by atoms with Crippen LogP contribution in [0.3, 0.4) is 0 Å². The summed E-state index contributed by atoms with van der Waals surface area (Å²) in [6, 6.07) is 13.0. The van der Waals surface area contributed by atoms with Gasteiger partial charge < -0.3 is 24.2 Å². The van der Waals surface area contributed by atoms with Gasteiger partial charge in [0.25, 0.3) is 5.91 Å². The van der Waals surface area contributed by atoms with Crippen molar-refractivity contribution in [2.45, 2.75) is 19.8 Å². The Kier molecular flexibility index (Phi) is 6.82. The first-order chi connectivity index (χ1) is 16.0. The van der Waals surface area contributed by atoms with Crippen molar-refractivity contribution in [2.75, 3.05) is 56.2 Å². The van der Waals surface area contributed by atoms with Crippen LogP contribution in [0.15, 0.2) is 42.5 Å². The van der Waals surface area contributed by atoms with Crippen LogP contribution in [0, 0.1) is 0 Å². The predicted octanol–water partition coefficient (Wildman–Crippen LogP) is 2.75. The van der Waals surface area contributed by atoms with Gasteiger partial charge in [0.15, 0.2) is 12.4 Å². The minimum absolute atomic E-state index is 0.0364. The Labute approximate surface area is 193 Å². The Bertz CT molecular complexity index is 1050. The number of rotatable bonds is 7. The molecule has 8 nitrogen and oxygen atoms in total. The number of fused-ring (bicyclic) bond motifs is 1. The molecule has 2 aliphatic rings. The van der Waals surface area contributed by atoms with Gasteiger partial charge in [0.2, 0.25) is 5.91 Å². The molecule has 1 fully saturated rings. The zero-order chi connectivity index (χ0) is 23.4. The van der Waals surface area contributed by atoms with E-state index in [-0.39, 0.29) is 24.2 Å². The number of hydrogen-bond acceptors (Lipinski definition) is 6. The molecular weight excluding hydrogens is 422 g/mol. The van der Waals surface area contributed by atoms with Crippen molar-refractivity contribution < 1.29 is 23.9 Å². The lowest BCUT2D eigenvalue weighted by atomic mass is 10.1. The van der Waals surface area contributed by atoms with Crippen LogP contribution in [-0.4, -0.2) is 68.9 Å². The minimum atomic E-state index is -0.166. The second-order valence-electron chi connectivity index (χ2n) is 8.22. The molecule has 0 aromatic heterocycles. The Morgan fingerprint density at radius 3 is 2.52 bits per heavy atom. The summed E-state index contributed by atoms with van der Waals surface area (Å²) in [5.74, 6) is 1.27. The lowest BCUT2D eigenvalue weighted by Crippen LogP contribution is -2.49. The summed E-state index contributed by atoms with van der Waals surface area (Å²) in [4.78, 5) is 42.7. The average molecular weight is 452 g/mol. The van der Waals surface area contributed by atoms with Gasteiger partial charge in [-0.25, -0.2) is 0 Å². The van der Waals surface area contributed by atoms with Gasteiger partial charge >= 0.3 is 0 Å². The lowest BCUT2D eigenvalue weighted by molar-refractivity contribution is -0.131. The Morgan fingerprint density at radius 1 is 1.03 bits per heavy atom. The van der Waals surface area contributed by atoms with E-state index in [1.807, 2.05) is 29.2 Å². The third-order valence-electron chi connectivity index (χ3n) is 6.14. The number of carbonyl (C=O) groups excluding carboxylic acids is 3. The summed E-state index contributed by atoms with van der Waals surface area (Å²) in [7, 11) is 1.66. The smallest absolute Gasteiger partial charge is 0.265 e. The molecule has 2 amide bonds. The molecule has 0 bridgehead atoms. The largest absolute Gasteiger partial charge is 0.495 e. The molecule has 33 heavy (non-hydrogen) atoms. The second-order valence-corrected chi connectivity index (χ2v) is 8.22. The van der Waals surface area contributed by atoms with Crippen LogP contribution >= 0.6 is 0 Å². The zero-order valence-corrected chi connectivity index (χ0v) is 19.1. The first-order valence-electron chi connectivity index (χ1n) is 11.2. The fourth-order valence-electron chi connectivity index (χ4n) is 4.30. The third kappa shape index (κ3) is 4.94. The van der Waals surface area contributed by atoms with E-state index in [1.54, 1.807) is 30.2 Å². The maximum absolute atomic E-state index is 12.8. The van der Waals surface area contributed by atoms with E-state index < -0.39 is 0 Å². The molecule has 0 radical (unpaired) electrons. The third-order valence-corrected chi connectivity index (χ3v) is 6.14. The Morgan fingerprint density at radius 2 is 1.79 bits per heavy atom. The molecule has 2 heterocycles. The molecule has 4 rings (SSSR count). The van der Waals surface area contributed by atoms with Gasteiger partial charge in [0, 0.05) is 44.7 Å². The van der Waals surface area contributed by atoms with E-state index >= 15 is 0 Å². The summed E-state index contributed by atoms with van der Waals surface area (Å²) >= 11 is 0. The van der Waals surface area contributed by atoms with Crippen LogP contribution in [-0.2, 0) is 9.59 Å². The highest BCUT2D eigenvalue weighted by molar-refractivity contribution is 6.01. The molecule has 1 saturated heterocycles. The van der Waals surface area contributed by atoms with Gasteiger partial charge in [0.05, 0.1) is 18.5 Å². The molecule has 0 unspecified atom stereocenters. The maximum atomic E-state index is 12.8. The number of methoxy groups -OCH3 is 1. The van der Waals surface area contributed by atoms with Crippen LogP contribution in [0.1, 0.15) is 30.1 Å². The number of ketones is 1. The summed E-state index contributed by atoms with van der Waals surface area (Å²) in [5.41, 5.74) is 2.17. The average Bonchev–Trinajstić information content (AvgIpc) is 2.85. The number of carbonyl (C=O) groups is 3. The second kappa shape index (κ2) is 9.94. The van der Waals surface area contributed by atoms with Gasteiger partial charge in [-0.1, -0.05) is 12.1 Å². The molecule has 0 atom stereocenters. The molecule has 0 spiro atoms. The Hall–Kier alpha value is -3.55. The number of ether oxygens (including phenoxy) is 2. The SMILES string of the molecule is COc1ccccc1N1CCN(C(=O)CCCN2C(=O)COc3ccc(C(C)=O)cc32)CC1.